The highest BCUT2D eigenvalue weighted by Gasteiger charge is 2.37. The van der Waals surface area contributed by atoms with E-state index in [9.17, 15) is 18.8 Å². The van der Waals surface area contributed by atoms with E-state index in [1.165, 1.54) is 17.8 Å². The Morgan fingerprint density at radius 2 is 1.81 bits per heavy atom. The summed E-state index contributed by atoms with van der Waals surface area (Å²) in [5.74, 6) is -1.14. The summed E-state index contributed by atoms with van der Waals surface area (Å²) >= 11 is 1.33. The summed E-state index contributed by atoms with van der Waals surface area (Å²) in [6.07, 6.45) is 1.94. The number of carbonyl (C=O) groups excluding carboxylic acids is 3. The molecule has 0 fully saturated rings. The first-order valence-electron chi connectivity index (χ1n) is 15.8. The number of alkyl carbamates (subject to hydrolysis) is 1. The molecule has 47 heavy (non-hydrogen) atoms. The third-order valence-electron chi connectivity index (χ3n) is 7.50. The normalized spacial score (nSPS) is 12.2. The van der Waals surface area contributed by atoms with E-state index in [0.29, 0.717) is 44.0 Å². The Hall–Kier alpha value is -3.64. The van der Waals surface area contributed by atoms with Gasteiger partial charge in [-0.3, -0.25) is 9.59 Å². The number of carbonyl (C=O) groups is 3. The third kappa shape index (κ3) is 12.1. The monoisotopic (exact) mass is 685 g/mol. The van der Waals surface area contributed by atoms with Crippen LogP contribution in [0.4, 0.5) is 13.6 Å². The van der Waals surface area contributed by atoms with Crippen LogP contribution in [-0.2, 0) is 20.9 Å². The van der Waals surface area contributed by atoms with E-state index >= 15 is 4.39 Å². The zero-order chi connectivity index (χ0) is 34.6. The summed E-state index contributed by atoms with van der Waals surface area (Å²) in [6, 6.07) is 15.4. The maximum atomic E-state index is 15.0. The first kappa shape index (κ1) is 37.8. The fraction of sp³-hybridized carbons (Fsp3) is 0.457. The number of rotatable bonds is 17. The molecule has 0 saturated heterocycles. The van der Waals surface area contributed by atoms with E-state index in [1.807, 2.05) is 61.7 Å². The second-order valence-electron chi connectivity index (χ2n) is 12.9. The molecule has 0 saturated carbocycles. The molecular weight excluding hydrogens is 639 g/mol. The summed E-state index contributed by atoms with van der Waals surface area (Å²) in [5.41, 5.74) is 7.21. The molecule has 1 aromatic heterocycles. The van der Waals surface area contributed by atoms with E-state index in [0.717, 1.165) is 29.4 Å². The first-order chi connectivity index (χ1) is 22.3. The van der Waals surface area contributed by atoms with Crippen molar-refractivity contribution >= 4 is 38.5 Å². The Balaban J connectivity index is 1.99. The standard InChI is InChI=1S/C35H47F2N4O4SSi/c1-35(2,3)33(41(32(43)24-46-18-14-31(38)42)16-9-15-39-34(44)45-17-19-47(4)5)30-20-26(28-21-27(36)12-13-29(28)37)23-40(30)22-25-10-7-6-8-11-25/h6-8,10-13,20-21,23,33H,9,14-19,22,24H2,1-5H3,(H2,38,42)(H,39,44)/t33-/m0/s1. The number of primary amides is 1. The molecule has 255 valence electrons. The number of aromatic nitrogens is 1. The number of thioether (sulfide) groups is 1. The average molecular weight is 686 g/mol. The molecule has 1 radical (unpaired) electrons. The van der Waals surface area contributed by atoms with Crippen molar-refractivity contribution in [3.8, 4) is 11.1 Å². The van der Waals surface area contributed by atoms with Crippen molar-refractivity contribution in [1.82, 2.24) is 14.8 Å². The van der Waals surface area contributed by atoms with Gasteiger partial charge in [-0.1, -0.05) is 64.2 Å². The lowest BCUT2D eigenvalue weighted by Crippen LogP contribution is -2.44. The molecule has 3 aromatic rings. The number of benzene rings is 2. The van der Waals surface area contributed by atoms with Crippen molar-refractivity contribution in [2.24, 2.45) is 11.1 Å². The molecule has 3 rings (SSSR count). The van der Waals surface area contributed by atoms with Crippen molar-refractivity contribution in [2.75, 3.05) is 31.2 Å². The van der Waals surface area contributed by atoms with Gasteiger partial charge in [0.05, 0.1) is 18.4 Å². The number of nitrogens with two attached hydrogens (primary N) is 1. The maximum absolute atomic E-state index is 15.0. The van der Waals surface area contributed by atoms with Crippen LogP contribution in [0.3, 0.4) is 0 Å². The van der Waals surface area contributed by atoms with Crippen molar-refractivity contribution in [1.29, 1.82) is 0 Å². The number of nitrogens with zero attached hydrogens (tertiary/aromatic N) is 2. The van der Waals surface area contributed by atoms with Gasteiger partial charge in [0, 0.05) is 63.6 Å². The minimum atomic E-state index is -0.548. The number of hydrogen-bond acceptors (Lipinski definition) is 5. The van der Waals surface area contributed by atoms with Crippen LogP contribution in [-0.4, -0.2) is 67.4 Å². The number of halogens is 2. The Morgan fingerprint density at radius 1 is 1.09 bits per heavy atom. The second-order valence-corrected chi connectivity index (χ2v) is 16.9. The van der Waals surface area contributed by atoms with Crippen LogP contribution >= 0.6 is 11.8 Å². The molecule has 3 amide bonds. The predicted molar refractivity (Wildman–Crippen MR) is 187 cm³/mol. The Labute approximate surface area is 283 Å². The van der Waals surface area contributed by atoms with Gasteiger partial charge in [0.2, 0.25) is 11.8 Å². The molecule has 0 aliphatic rings. The van der Waals surface area contributed by atoms with E-state index in [2.05, 4.69) is 18.4 Å². The van der Waals surface area contributed by atoms with Crippen LogP contribution in [0.25, 0.3) is 11.1 Å². The van der Waals surface area contributed by atoms with Crippen LogP contribution < -0.4 is 11.1 Å². The average Bonchev–Trinajstić information content (AvgIpc) is 3.39. The number of ether oxygens (including phenoxy) is 1. The first-order valence-corrected chi connectivity index (χ1v) is 19.7. The van der Waals surface area contributed by atoms with Crippen LogP contribution in [0.15, 0.2) is 60.8 Å². The lowest BCUT2D eigenvalue weighted by Gasteiger charge is -2.41. The molecule has 12 heteroatoms. The van der Waals surface area contributed by atoms with Crippen molar-refractivity contribution in [3.63, 3.8) is 0 Å². The van der Waals surface area contributed by atoms with Gasteiger partial charge in [-0.05, 0) is 47.7 Å². The van der Waals surface area contributed by atoms with Crippen LogP contribution in [0.1, 0.15) is 50.9 Å². The van der Waals surface area contributed by atoms with Crippen molar-refractivity contribution < 1.29 is 27.9 Å². The summed E-state index contributed by atoms with van der Waals surface area (Å²) in [4.78, 5) is 39.3. The Bertz CT molecular complexity index is 1480. The second kappa shape index (κ2) is 18.0. The lowest BCUT2D eigenvalue weighted by atomic mass is 9.83. The van der Waals surface area contributed by atoms with E-state index < -0.39 is 43.9 Å². The zero-order valence-corrected chi connectivity index (χ0v) is 29.8. The molecular formula is C35H47F2N4O4SSi. The van der Waals surface area contributed by atoms with Gasteiger partial charge in [0.15, 0.2) is 0 Å². The fourth-order valence-corrected chi connectivity index (χ4v) is 6.60. The largest absolute Gasteiger partial charge is 0.450 e. The van der Waals surface area contributed by atoms with Crippen molar-refractivity contribution in [3.05, 3.63) is 83.7 Å². The SMILES string of the molecule is C[Si](C)CCOC(=O)NCCCN(C(=O)CSCCC(N)=O)[C@@H](c1cc(-c2cc(F)ccc2F)cn1Cc1ccccc1)C(C)(C)C. The molecule has 1 heterocycles. The van der Waals surface area contributed by atoms with Gasteiger partial charge in [0.1, 0.15) is 11.6 Å². The molecule has 0 spiro atoms. The van der Waals surface area contributed by atoms with Crippen molar-refractivity contribution in [2.45, 2.75) is 65.3 Å². The lowest BCUT2D eigenvalue weighted by molar-refractivity contribution is -0.133. The van der Waals surface area contributed by atoms with E-state index in [4.69, 9.17) is 10.5 Å². The molecule has 8 nitrogen and oxygen atoms in total. The van der Waals surface area contributed by atoms with E-state index in [1.54, 1.807) is 11.1 Å². The van der Waals surface area contributed by atoms with Gasteiger partial charge in [-0.15, -0.1) is 0 Å². The summed E-state index contributed by atoms with van der Waals surface area (Å²) in [7, 11) is -0.501. The zero-order valence-electron chi connectivity index (χ0n) is 28.0. The molecule has 1 atom stereocenters. The van der Waals surface area contributed by atoms with Gasteiger partial charge in [-0.2, -0.15) is 11.8 Å². The Kier molecular flexibility index (Phi) is 14.5. The van der Waals surface area contributed by atoms with Gasteiger partial charge in [0.25, 0.3) is 0 Å². The third-order valence-corrected chi connectivity index (χ3v) is 9.64. The summed E-state index contributed by atoms with van der Waals surface area (Å²) in [6.45, 7) is 11.9. The van der Waals surface area contributed by atoms with Gasteiger partial charge >= 0.3 is 6.09 Å². The number of nitrogens with one attached hydrogen (secondary N) is 1. The quantitative estimate of drug-likeness (QED) is 0.119. The molecule has 0 aliphatic carbocycles. The smallest absolute Gasteiger partial charge is 0.407 e. The molecule has 0 unspecified atom stereocenters. The number of hydrogen-bond donors (Lipinski definition) is 2. The highest BCUT2D eigenvalue weighted by Crippen LogP contribution is 2.41. The highest BCUT2D eigenvalue weighted by molar-refractivity contribution is 7.99. The topological polar surface area (TPSA) is 107 Å². The minimum Gasteiger partial charge on any atom is -0.450 e. The molecule has 0 aliphatic heterocycles. The number of amides is 3. The van der Waals surface area contributed by atoms with E-state index in [-0.39, 0.29) is 23.6 Å². The van der Waals surface area contributed by atoms with Crippen LogP contribution in [0.2, 0.25) is 19.1 Å². The fourth-order valence-electron chi connectivity index (χ4n) is 5.26. The Morgan fingerprint density at radius 3 is 2.47 bits per heavy atom. The predicted octanol–water partition coefficient (Wildman–Crippen LogP) is 6.88. The summed E-state index contributed by atoms with van der Waals surface area (Å²) in [5, 5.41) is 2.79. The maximum Gasteiger partial charge on any atom is 0.407 e. The van der Waals surface area contributed by atoms with Gasteiger partial charge in [-0.25, -0.2) is 13.6 Å². The van der Waals surface area contributed by atoms with Gasteiger partial charge < -0.3 is 25.3 Å². The van der Waals surface area contributed by atoms with Crippen LogP contribution in [0.5, 0.6) is 0 Å². The minimum absolute atomic E-state index is 0.123. The molecule has 0 bridgehead atoms. The highest BCUT2D eigenvalue weighted by atomic mass is 32.2. The summed E-state index contributed by atoms with van der Waals surface area (Å²) < 4.78 is 36.6. The molecule has 2 aromatic carbocycles. The molecule has 3 N–H and O–H groups in total. The van der Waals surface area contributed by atoms with Crippen LogP contribution in [0, 0.1) is 17.0 Å².